The molecule has 0 bridgehead atoms. The molecule has 0 saturated carbocycles. The van der Waals surface area contributed by atoms with Gasteiger partial charge >= 0.3 is 0 Å². The average molecular weight is 261 g/mol. The first-order valence-corrected chi connectivity index (χ1v) is 7.87. The smallest absolute Gasteiger partial charge is 0 e. The quantitative estimate of drug-likeness (QED) is 0.511. The molecule has 1 heteroatoms. The second-order valence-electron chi connectivity index (χ2n) is 3.86. The lowest BCUT2D eigenvalue weighted by atomic mass is 9.86. The van der Waals surface area contributed by atoms with Crippen LogP contribution >= 0.6 is 0 Å². The molecule has 0 amide bonds. The summed E-state index contributed by atoms with van der Waals surface area (Å²) in [4.78, 5) is 0. The summed E-state index contributed by atoms with van der Waals surface area (Å²) in [6.07, 6.45) is 5.39. The molecule has 0 fully saturated rings. The Morgan fingerprint density at radius 3 is 1.16 bits per heavy atom. The van der Waals surface area contributed by atoms with Gasteiger partial charge in [0.15, 0.2) is 0 Å². The molecular weight excluding hydrogens is 227 g/mol. The molecule has 0 aromatic heterocycles. The second kappa shape index (κ2) is 15.3. The fraction of sp³-hybridized carbons (Fsp3) is 0.667. The van der Waals surface area contributed by atoms with Gasteiger partial charge in [0.2, 0.25) is 0 Å². The van der Waals surface area contributed by atoms with E-state index in [4.69, 9.17) is 0 Å². The minimum Gasteiger partial charge on any atom is -0.0683 e. The Bertz CT molecular complexity index is 272. The summed E-state index contributed by atoms with van der Waals surface area (Å²) in [6, 6.07) is 4.53. The Morgan fingerprint density at radius 1 is 0.632 bits per heavy atom. The van der Waals surface area contributed by atoms with Crippen molar-refractivity contribution in [2.24, 2.45) is 0 Å². The first kappa shape index (κ1) is 23.4. The Labute approximate surface area is 124 Å². The van der Waals surface area contributed by atoms with Gasteiger partial charge in [-0.3, -0.25) is 0 Å². The van der Waals surface area contributed by atoms with E-state index in [1.165, 1.54) is 36.8 Å². The van der Waals surface area contributed by atoms with Gasteiger partial charge in [-0.1, -0.05) is 53.7 Å². The lowest BCUT2D eigenvalue weighted by Gasteiger charge is -2.19. The molecule has 0 N–H and O–H groups in total. The fourth-order valence-corrected chi connectivity index (χ4v) is 2.23. The third kappa shape index (κ3) is 7.45. The standard InChI is InChI=1S/C12H16.3C2H6.B/c1-9-7-8-10(2)12-6-4-3-5-11(9)12;3*1-2;/h7-8H,3-6H2,1-2H3;3*1-2H3;. The molecule has 0 unspecified atom stereocenters. The van der Waals surface area contributed by atoms with Gasteiger partial charge in [-0.25, -0.2) is 0 Å². The van der Waals surface area contributed by atoms with Crippen LogP contribution in [0, 0.1) is 13.8 Å². The third-order valence-electron chi connectivity index (χ3n) is 3.00. The minimum absolute atomic E-state index is 0. The number of hydrogen-bond acceptors (Lipinski definition) is 0. The molecule has 0 aliphatic heterocycles. The van der Waals surface area contributed by atoms with E-state index in [0.29, 0.717) is 0 Å². The van der Waals surface area contributed by atoms with Crippen LogP contribution < -0.4 is 0 Å². The van der Waals surface area contributed by atoms with Gasteiger partial charge in [0.25, 0.3) is 0 Å². The van der Waals surface area contributed by atoms with E-state index in [0.717, 1.165) is 0 Å². The maximum Gasteiger partial charge on any atom is 0 e. The summed E-state index contributed by atoms with van der Waals surface area (Å²) in [7, 11) is 0. The normalized spacial score (nSPS) is 10.9. The predicted octanol–water partition coefficient (Wildman–Crippen LogP) is 5.88. The summed E-state index contributed by atoms with van der Waals surface area (Å²) in [6.45, 7) is 16.5. The molecule has 19 heavy (non-hydrogen) atoms. The van der Waals surface area contributed by atoms with Crippen molar-refractivity contribution in [3.63, 3.8) is 0 Å². The van der Waals surface area contributed by atoms with Crippen molar-refractivity contribution in [3.8, 4) is 0 Å². The van der Waals surface area contributed by atoms with Gasteiger partial charge in [0.1, 0.15) is 0 Å². The molecule has 0 heterocycles. The van der Waals surface area contributed by atoms with Crippen LogP contribution in [0.1, 0.15) is 76.6 Å². The van der Waals surface area contributed by atoms with Gasteiger partial charge in [0, 0.05) is 8.41 Å². The van der Waals surface area contributed by atoms with Crippen LogP contribution in [0.15, 0.2) is 12.1 Å². The zero-order chi connectivity index (χ0) is 14.6. The van der Waals surface area contributed by atoms with Gasteiger partial charge in [0.05, 0.1) is 0 Å². The molecule has 1 aromatic rings. The Balaban J connectivity index is -0.000000325. The van der Waals surface area contributed by atoms with Crippen molar-refractivity contribution in [3.05, 3.63) is 34.4 Å². The highest BCUT2D eigenvalue weighted by atomic mass is 14.2. The van der Waals surface area contributed by atoms with Gasteiger partial charge in [-0.2, -0.15) is 0 Å². The van der Waals surface area contributed by atoms with E-state index in [1.807, 2.05) is 41.5 Å². The Hall–Kier alpha value is -0.715. The molecule has 0 saturated heterocycles. The molecule has 0 atom stereocenters. The predicted molar refractivity (Wildman–Crippen MR) is 92.4 cm³/mol. The van der Waals surface area contributed by atoms with Gasteiger partial charge in [-0.15, -0.1) is 0 Å². The molecule has 0 spiro atoms. The van der Waals surface area contributed by atoms with E-state index in [2.05, 4.69) is 26.0 Å². The van der Waals surface area contributed by atoms with Crippen molar-refractivity contribution < 1.29 is 0 Å². The molecule has 3 radical (unpaired) electrons. The molecule has 2 rings (SSSR count). The zero-order valence-electron chi connectivity index (χ0n) is 14.6. The average Bonchev–Trinajstić information content (AvgIpc) is 2.50. The van der Waals surface area contributed by atoms with E-state index in [9.17, 15) is 0 Å². The first-order valence-electron chi connectivity index (χ1n) is 7.87. The number of benzene rings is 1. The van der Waals surface area contributed by atoms with Crippen molar-refractivity contribution in [2.45, 2.75) is 81.1 Å². The molecule has 1 aromatic carbocycles. The van der Waals surface area contributed by atoms with Crippen LogP contribution in [-0.2, 0) is 12.8 Å². The SMILES string of the molecule is CC.CC.CC.Cc1ccc(C)c2c1CCCC2.[B]. The first-order chi connectivity index (χ1) is 8.79. The molecule has 0 nitrogen and oxygen atoms in total. The van der Waals surface area contributed by atoms with Crippen LogP contribution in [0.4, 0.5) is 0 Å². The highest BCUT2D eigenvalue weighted by Crippen LogP contribution is 2.26. The van der Waals surface area contributed by atoms with E-state index in [1.54, 1.807) is 11.1 Å². The third-order valence-corrected chi connectivity index (χ3v) is 3.00. The summed E-state index contributed by atoms with van der Waals surface area (Å²) in [5, 5.41) is 0. The monoisotopic (exact) mass is 261 g/mol. The zero-order valence-corrected chi connectivity index (χ0v) is 14.6. The van der Waals surface area contributed by atoms with Gasteiger partial charge < -0.3 is 0 Å². The van der Waals surface area contributed by atoms with E-state index in [-0.39, 0.29) is 8.41 Å². The maximum absolute atomic E-state index is 2.26. The number of rotatable bonds is 0. The van der Waals surface area contributed by atoms with Crippen LogP contribution in [0.3, 0.4) is 0 Å². The molecule has 109 valence electrons. The molecule has 1 aliphatic carbocycles. The molecular formula is C18H34B. The maximum atomic E-state index is 2.26. The Morgan fingerprint density at radius 2 is 0.895 bits per heavy atom. The van der Waals surface area contributed by atoms with Crippen LogP contribution in [-0.4, -0.2) is 8.41 Å². The fourth-order valence-electron chi connectivity index (χ4n) is 2.23. The highest BCUT2D eigenvalue weighted by Gasteiger charge is 2.12. The van der Waals surface area contributed by atoms with E-state index < -0.39 is 0 Å². The van der Waals surface area contributed by atoms with Crippen molar-refractivity contribution in [1.82, 2.24) is 0 Å². The lowest BCUT2D eigenvalue weighted by Crippen LogP contribution is -2.06. The summed E-state index contributed by atoms with van der Waals surface area (Å²) in [5.41, 5.74) is 6.27. The van der Waals surface area contributed by atoms with Crippen molar-refractivity contribution in [1.29, 1.82) is 0 Å². The number of fused-ring (bicyclic) bond motifs is 1. The topological polar surface area (TPSA) is 0 Å². The number of aryl methyl sites for hydroxylation is 2. The molecule has 1 aliphatic rings. The summed E-state index contributed by atoms with van der Waals surface area (Å²) in [5.74, 6) is 0. The lowest BCUT2D eigenvalue weighted by molar-refractivity contribution is 0.678. The largest absolute Gasteiger partial charge is 0.0683 e. The summed E-state index contributed by atoms with van der Waals surface area (Å²) >= 11 is 0. The van der Waals surface area contributed by atoms with Gasteiger partial charge in [-0.05, 0) is 61.8 Å². The van der Waals surface area contributed by atoms with Crippen LogP contribution in [0.25, 0.3) is 0 Å². The van der Waals surface area contributed by atoms with Crippen LogP contribution in [0.2, 0.25) is 0 Å². The highest BCUT2D eigenvalue weighted by molar-refractivity contribution is 5.75. The minimum atomic E-state index is 0. The Kier molecular flexibility index (Phi) is 18.9. The van der Waals surface area contributed by atoms with Crippen molar-refractivity contribution in [2.75, 3.05) is 0 Å². The number of hydrogen-bond donors (Lipinski definition) is 0. The summed E-state index contributed by atoms with van der Waals surface area (Å²) < 4.78 is 0. The van der Waals surface area contributed by atoms with Crippen LogP contribution in [0.5, 0.6) is 0 Å². The van der Waals surface area contributed by atoms with E-state index >= 15 is 0 Å². The van der Waals surface area contributed by atoms with Crippen molar-refractivity contribution >= 4 is 8.41 Å². The second-order valence-corrected chi connectivity index (χ2v) is 3.86.